The second kappa shape index (κ2) is 7.25. The van der Waals surface area contributed by atoms with Crippen LogP contribution in [0.5, 0.6) is 5.75 Å². The normalized spacial score (nSPS) is 29.5. The molecule has 1 unspecified atom stereocenters. The van der Waals surface area contributed by atoms with Gasteiger partial charge in [0.15, 0.2) is 18.3 Å². The van der Waals surface area contributed by atoms with Crippen LogP contribution in [0.1, 0.15) is 18.1 Å². The van der Waals surface area contributed by atoms with Gasteiger partial charge in [-0.25, -0.2) is 4.79 Å². The molecule has 2 aliphatic rings. The number of hydrogen-bond acceptors (Lipinski definition) is 9. The minimum absolute atomic E-state index is 0.0178. The zero-order valence-electron chi connectivity index (χ0n) is 14.4. The molecule has 0 radical (unpaired) electrons. The number of aliphatic hydroxyl groups excluding tert-OH is 1. The third-order valence-corrected chi connectivity index (χ3v) is 4.63. The van der Waals surface area contributed by atoms with Crippen molar-refractivity contribution in [3.8, 4) is 5.75 Å². The smallest absolute Gasteiger partial charge is 0.351 e. The van der Waals surface area contributed by atoms with Gasteiger partial charge in [0.25, 0.3) is 0 Å². The Hall–Kier alpha value is -2.50. The van der Waals surface area contributed by atoms with Gasteiger partial charge in [0.1, 0.15) is 24.1 Å². The Morgan fingerprint density at radius 3 is 2.56 bits per heavy atom. The zero-order valence-corrected chi connectivity index (χ0v) is 14.4. The Bertz CT molecular complexity index is 856. The van der Waals surface area contributed by atoms with E-state index in [2.05, 4.69) is 4.98 Å². The summed E-state index contributed by atoms with van der Waals surface area (Å²) >= 11 is 0. The average molecular weight is 377 g/mol. The molecule has 0 bridgehead atoms. The van der Waals surface area contributed by atoms with Crippen molar-refractivity contribution in [1.82, 2.24) is 9.55 Å². The molecule has 144 valence electrons. The lowest BCUT2D eigenvalue weighted by Gasteiger charge is -2.21. The van der Waals surface area contributed by atoms with Crippen LogP contribution in [-0.4, -0.2) is 51.9 Å². The lowest BCUT2D eigenvalue weighted by atomic mass is 10.1. The van der Waals surface area contributed by atoms with Crippen molar-refractivity contribution in [2.24, 2.45) is 0 Å². The van der Waals surface area contributed by atoms with Crippen LogP contribution < -0.4 is 15.9 Å². The summed E-state index contributed by atoms with van der Waals surface area (Å²) in [4.78, 5) is 15.9. The van der Waals surface area contributed by atoms with E-state index >= 15 is 0 Å². The summed E-state index contributed by atoms with van der Waals surface area (Å²) in [7, 11) is 1.58. The largest absolute Gasteiger partial charge is 0.497 e. The number of nitrogens with one attached hydrogen (secondary N) is 1. The molecule has 5 atom stereocenters. The van der Waals surface area contributed by atoms with Crippen molar-refractivity contribution in [3.63, 3.8) is 0 Å². The number of aromatic nitrogens is 2. The van der Waals surface area contributed by atoms with E-state index in [9.17, 15) is 9.90 Å². The maximum atomic E-state index is 12.2. The van der Waals surface area contributed by atoms with Crippen molar-refractivity contribution in [2.45, 2.75) is 30.8 Å². The molecule has 0 aliphatic carbocycles. The fourth-order valence-corrected chi connectivity index (χ4v) is 3.29. The summed E-state index contributed by atoms with van der Waals surface area (Å²) in [6.07, 6.45) is -1.85. The first-order valence-corrected chi connectivity index (χ1v) is 8.35. The molecule has 0 saturated carbocycles. The number of hydrogen-bond donors (Lipinski definition) is 3. The van der Waals surface area contributed by atoms with E-state index in [1.807, 2.05) is 17.6 Å². The van der Waals surface area contributed by atoms with Gasteiger partial charge >= 0.3 is 5.69 Å². The van der Waals surface area contributed by atoms with E-state index in [4.69, 9.17) is 24.2 Å². The minimum atomic E-state index is -0.817. The van der Waals surface area contributed by atoms with E-state index in [1.165, 1.54) is 16.8 Å². The summed E-state index contributed by atoms with van der Waals surface area (Å²) in [5.74, 6) is 0.728. The summed E-state index contributed by atoms with van der Waals surface area (Å²) < 4.78 is 24.1. The van der Waals surface area contributed by atoms with Gasteiger partial charge in [-0.3, -0.25) is 15.3 Å². The number of anilines is 1. The predicted molar refractivity (Wildman–Crippen MR) is 90.4 cm³/mol. The van der Waals surface area contributed by atoms with Gasteiger partial charge in [-0.2, -0.15) is 4.98 Å². The van der Waals surface area contributed by atoms with Gasteiger partial charge in [0.2, 0.25) is 0 Å². The first kappa shape index (κ1) is 17.9. The number of fused-ring (bicyclic) bond motifs is 1. The topological polar surface area (TPSA) is 124 Å². The van der Waals surface area contributed by atoms with Gasteiger partial charge in [0.05, 0.1) is 13.7 Å². The third kappa shape index (κ3) is 3.17. The summed E-state index contributed by atoms with van der Waals surface area (Å²) in [5.41, 5.74) is 1.97. The van der Waals surface area contributed by atoms with Crippen LogP contribution in [0, 0.1) is 0 Å². The molecule has 27 heavy (non-hydrogen) atoms. The van der Waals surface area contributed by atoms with E-state index in [0.29, 0.717) is 5.75 Å². The van der Waals surface area contributed by atoms with Gasteiger partial charge in [0, 0.05) is 11.8 Å². The molecule has 1 aromatic carbocycles. The van der Waals surface area contributed by atoms with Crippen LogP contribution >= 0.6 is 0 Å². The molecule has 2 aliphatic heterocycles. The molecule has 2 fully saturated rings. The number of benzene rings is 1. The highest BCUT2D eigenvalue weighted by atomic mass is 16.8. The van der Waals surface area contributed by atoms with Gasteiger partial charge in [-0.1, -0.05) is 12.1 Å². The zero-order chi connectivity index (χ0) is 19.0. The highest BCUT2D eigenvalue weighted by Crippen LogP contribution is 2.43. The van der Waals surface area contributed by atoms with E-state index in [-0.39, 0.29) is 12.4 Å². The Kier molecular flexibility index (Phi) is 4.81. The molecule has 3 N–H and O–H groups in total. The lowest BCUT2D eigenvalue weighted by molar-refractivity contribution is -0.155. The first-order valence-electron chi connectivity index (χ1n) is 8.35. The second-order valence-corrected chi connectivity index (χ2v) is 6.17. The van der Waals surface area contributed by atoms with Crippen molar-refractivity contribution >= 4 is 5.82 Å². The van der Waals surface area contributed by atoms with Crippen LogP contribution in [0.4, 0.5) is 5.82 Å². The summed E-state index contributed by atoms with van der Waals surface area (Å²) in [6, 6.07) is 8.65. The molecule has 3 heterocycles. The van der Waals surface area contributed by atoms with Crippen LogP contribution in [0.15, 0.2) is 41.3 Å². The Morgan fingerprint density at radius 2 is 1.93 bits per heavy atom. The average Bonchev–Trinajstić information content (AvgIpc) is 3.27. The monoisotopic (exact) mass is 377 g/mol. The van der Waals surface area contributed by atoms with Crippen LogP contribution in [0.25, 0.3) is 0 Å². The predicted octanol–water partition coefficient (Wildman–Crippen LogP) is 0.425. The molecule has 0 amide bonds. The van der Waals surface area contributed by atoms with Crippen LogP contribution in [0.3, 0.4) is 0 Å². The maximum Gasteiger partial charge on any atom is 0.351 e. The maximum absolute atomic E-state index is 12.2. The minimum Gasteiger partial charge on any atom is -0.497 e. The third-order valence-electron chi connectivity index (χ3n) is 4.63. The highest BCUT2D eigenvalue weighted by Gasteiger charge is 2.53. The molecular formula is C17H19N3O7. The standard InChI is InChI=1S/C17H19N3O7/c1-24-10-4-2-9(3-5-10)16-26-13-11(8-21)25-15(14(13)27-16)20-7-6-12(19-23)18-17(20)22/h2-7,11,13-16,21,23H,8H2,1H3,(H,18,19,22)/t11-,13-,14-,15-,16?/m1/s1. The van der Waals surface area contributed by atoms with Crippen molar-refractivity contribution in [1.29, 1.82) is 0 Å². The number of nitrogens with zero attached hydrogens (tertiary/aromatic N) is 2. The molecule has 0 spiro atoms. The number of methoxy groups -OCH3 is 1. The Balaban J connectivity index is 1.60. The number of rotatable bonds is 5. The Labute approximate surface area is 153 Å². The summed E-state index contributed by atoms with van der Waals surface area (Å²) in [6.45, 7) is -0.283. The fourth-order valence-electron chi connectivity index (χ4n) is 3.29. The molecule has 1 aromatic heterocycles. The molecule has 2 saturated heterocycles. The molecule has 2 aromatic rings. The second-order valence-electron chi connectivity index (χ2n) is 6.17. The van der Waals surface area contributed by atoms with Gasteiger partial charge < -0.3 is 24.1 Å². The quantitative estimate of drug-likeness (QED) is 0.636. The molecule has 10 heteroatoms. The SMILES string of the molecule is COc1ccc(C2O[C@@H]3[C@H](O2)[C@@H](CO)O[C@H]3n2ccc(NO)nc2=O)cc1. The molecule has 4 rings (SSSR count). The highest BCUT2D eigenvalue weighted by molar-refractivity contribution is 5.29. The van der Waals surface area contributed by atoms with Crippen molar-refractivity contribution in [2.75, 3.05) is 19.2 Å². The fraction of sp³-hybridized carbons (Fsp3) is 0.412. The van der Waals surface area contributed by atoms with Crippen LogP contribution in [-0.2, 0) is 14.2 Å². The molecule has 10 nitrogen and oxygen atoms in total. The van der Waals surface area contributed by atoms with Crippen molar-refractivity contribution < 1.29 is 29.3 Å². The number of aliphatic hydroxyl groups is 1. The van der Waals surface area contributed by atoms with Gasteiger partial charge in [-0.15, -0.1) is 0 Å². The Morgan fingerprint density at radius 1 is 1.19 bits per heavy atom. The molecular weight excluding hydrogens is 358 g/mol. The number of ether oxygens (including phenoxy) is 4. The van der Waals surface area contributed by atoms with E-state index in [1.54, 1.807) is 19.2 Å². The van der Waals surface area contributed by atoms with E-state index < -0.39 is 36.5 Å². The summed E-state index contributed by atoms with van der Waals surface area (Å²) in [5, 5.41) is 18.5. The van der Waals surface area contributed by atoms with E-state index in [0.717, 1.165) is 5.56 Å². The van der Waals surface area contributed by atoms with Crippen molar-refractivity contribution in [3.05, 3.63) is 52.6 Å². The first-order chi connectivity index (χ1) is 13.1. The lowest BCUT2D eigenvalue weighted by Crippen LogP contribution is -2.34. The van der Waals surface area contributed by atoms with Crippen LogP contribution in [0.2, 0.25) is 0 Å². The van der Waals surface area contributed by atoms with Gasteiger partial charge in [-0.05, 0) is 18.2 Å².